The van der Waals surface area contributed by atoms with Crippen LogP contribution in [0, 0.1) is 11.7 Å². The molecule has 4 rings (SSSR count). The zero-order valence-electron chi connectivity index (χ0n) is 15.1. The third-order valence-corrected chi connectivity index (χ3v) is 5.43. The second-order valence-electron chi connectivity index (χ2n) is 6.68. The minimum atomic E-state index is 0.703. The molecule has 0 bridgehead atoms. The smallest absolute Gasteiger partial charge is 0.199 e. The van der Waals surface area contributed by atoms with Crippen LogP contribution < -0.4 is 4.90 Å². The fraction of sp³-hybridized carbons (Fsp3) is 0.368. The van der Waals surface area contributed by atoms with Gasteiger partial charge in [0.1, 0.15) is 0 Å². The second kappa shape index (κ2) is 7.09. The lowest BCUT2D eigenvalue weighted by Crippen LogP contribution is -2.47. The van der Waals surface area contributed by atoms with Gasteiger partial charge in [-0.05, 0) is 42.9 Å². The van der Waals surface area contributed by atoms with Gasteiger partial charge in [0.05, 0.1) is 12.9 Å². The van der Waals surface area contributed by atoms with Crippen LogP contribution in [-0.4, -0.2) is 45.4 Å². The quantitative estimate of drug-likeness (QED) is 0.660. The molecule has 1 aromatic carbocycles. The maximum absolute atomic E-state index is 5.56. The van der Waals surface area contributed by atoms with Crippen molar-refractivity contribution in [3.8, 4) is 11.6 Å². The molecular formula is C19H23N5OS. The Bertz CT molecular complexity index is 935. The van der Waals surface area contributed by atoms with E-state index in [0.717, 1.165) is 37.8 Å². The van der Waals surface area contributed by atoms with Crippen molar-refractivity contribution in [2.45, 2.75) is 13.6 Å². The van der Waals surface area contributed by atoms with Gasteiger partial charge >= 0.3 is 0 Å². The summed E-state index contributed by atoms with van der Waals surface area (Å²) >= 11 is 5.56. The van der Waals surface area contributed by atoms with Crippen LogP contribution in [0.2, 0.25) is 0 Å². The highest BCUT2D eigenvalue weighted by Crippen LogP contribution is 2.21. The first-order chi connectivity index (χ1) is 12.6. The van der Waals surface area contributed by atoms with Gasteiger partial charge in [-0.2, -0.15) is 0 Å². The number of piperazine rings is 1. The van der Waals surface area contributed by atoms with Crippen molar-refractivity contribution < 1.29 is 4.42 Å². The number of nitrogens with zero attached hydrogens (tertiary/aromatic N) is 5. The van der Waals surface area contributed by atoms with Crippen LogP contribution in [0.4, 0.5) is 5.69 Å². The lowest BCUT2D eigenvalue weighted by molar-refractivity contribution is 0.194. The van der Waals surface area contributed by atoms with Gasteiger partial charge in [-0.25, -0.2) is 4.68 Å². The van der Waals surface area contributed by atoms with E-state index in [1.807, 2.05) is 28.4 Å². The highest BCUT2D eigenvalue weighted by molar-refractivity contribution is 7.71. The van der Waals surface area contributed by atoms with Gasteiger partial charge in [0.25, 0.3) is 0 Å². The molecule has 26 heavy (non-hydrogen) atoms. The van der Waals surface area contributed by atoms with E-state index in [1.165, 1.54) is 11.3 Å². The Kier molecular flexibility index (Phi) is 4.65. The molecule has 6 nitrogen and oxygen atoms in total. The molecule has 0 saturated carbocycles. The molecular weight excluding hydrogens is 346 g/mol. The van der Waals surface area contributed by atoms with Crippen molar-refractivity contribution in [3.63, 3.8) is 0 Å². The van der Waals surface area contributed by atoms with Crippen molar-refractivity contribution in [2.24, 2.45) is 7.05 Å². The predicted molar refractivity (Wildman–Crippen MR) is 105 cm³/mol. The summed E-state index contributed by atoms with van der Waals surface area (Å²) in [5.74, 6) is 1.50. The number of rotatable bonds is 4. The summed E-state index contributed by atoms with van der Waals surface area (Å²) in [6.07, 6.45) is 1.65. The lowest BCUT2D eigenvalue weighted by atomic mass is 10.1. The summed E-state index contributed by atoms with van der Waals surface area (Å²) in [5, 5.41) is 4.66. The van der Waals surface area contributed by atoms with E-state index in [0.29, 0.717) is 11.4 Å². The van der Waals surface area contributed by atoms with Crippen molar-refractivity contribution in [3.05, 3.63) is 53.0 Å². The summed E-state index contributed by atoms with van der Waals surface area (Å²) in [4.78, 5) is 4.85. The Morgan fingerprint density at radius 1 is 1.08 bits per heavy atom. The molecule has 0 N–H and O–H groups in total. The molecule has 1 saturated heterocycles. The van der Waals surface area contributed by atoms with Crippen LogP contribution in [0.1, 0.15) is 5.56 Å². The van der Waals surface area contributed by atoms with E-state index in [2.05, 4.69) is 46.1 Å². The number of furan rings is 1. The fourth-order valence-electron chi connectivity index (χ4n) is 3.44. The molecule has 7 heteroatoms. The minimum absolute atomic E-state index is 0.703. The highest BCUT2D eigenvalue weighted by Gasteiger charge is 2.20. The lowest BCUT2D eigenvalue weighted by Gasteiger charge is -2.36. The molecule has 2 aromatic heterocycles. The SMILES string of the molecule is Cc1ccccc1N1CCN(Cn2nc(-c3ccco3)n(C)c2=S)CC1. The molecule has 0 radical (unpaired) electrons. The van der Waals surface area contributed by atoms with Crippen LogP contribution in [-0.2, 0) is 13.7 Å². The molecule has 0 amide bonds. The standard InChI is InChI=1S/C19H23N5OS/c1-15-6-3-4-7-16(15)23-11-9-22(10-12-23)14-24-19(26)21(2)18(20-24)17-8-5-13-25-17/h3-8,13H,9-12,14H2,1-2H3. The van der Waals surface area contributed by atoms with Crippen molar-refractivity contribution in [1.82, 2.24) is 19.2 Å². The second-order valence-corrected chi connectivity index (χ2v) is 7.04. The first-order valence-corrected chi connectivity index (χ1v) is 9.25. The van der Waals surface area contributed by atoms with Crippen LogP contribution in [0.25, 0.3) is 11.6 Å². The third-order valence-electron chi connectivity index (χ3n) is 4.94. The number of benzene rings is 1. The van der Waals surface area contributed by atoms with Gasteiger partial charge in [-0.3, -0.25) is 4.90 Å². The zero-order chi connectivity index (χ0) is 18.1. The first kappa shape index (κ1) is 17.1. The van der Waals surface area contributed by atoms with Crippen LogP contribution in [0.3, 0.4) is 0 Å². The molecule has 0 aliphatic carbocycles. The maximum Gasteiger partial charge on any atom is 0.199 e. The number of para-hydroxylation sites is 1. The van der Waals surface area contributed by atoms with E-state index in [-0.39, 0.29) is 0 Å². The van der Waals surface area contributed by atoms with Crippen LogP contribution in [0.15, 0.2) is 47.1 Å². The fourth-order valence-corrected chi connectivity index (χ4v) is 3.62. The largest absolute Gasteiger partial charge is 0.461 e. The Balaban J connectivity index is 1.45. The third kappa shape index (κ3) is 3.20. The van der Waals surface area contributed by atoms with Gasteiger partial charge in [0.15, 0.2) is 16.4 Å². The summed E-state index contributed by atoms with van der Waals surface area (Å²) in [7, 11) is 1.93. The maximum atomic E-state index is 5.56. The summed E-state index contributed by atoms with van der Waals surface area (Å²) in [6, 6.07) is 12.3. The van der Waals surface area contributed by atoms with E-state index >= 15 is 0 Å². The molecule has 0 unspecified atom stereocenters. The molecule has 136 valence electrons. The van der Waals surface area contributed by atoms with E-state index in [1.54, 1.807) is 6.26 Å². The molecule has 1 fully saturated rings. The number of hydrogen-bond donors (Lipinski definition) is 0. The summed E-state index contributed by atoms with van der Waals surface area (Å²) in [6.45, 7) is 6.87. The van der Waals surface area contributed by atoms with Gasteiger partial charge in [0, 0.05) is 38.9 Å². The predicted octanol–water partition coefficient (Wildman–Crippen LogP) is 3.30. The number of aromatic nitrogens is 3. The summed E-state index contributed by atoms with van der Waals surface area (Å²) < 4.78 is 9.96. The molecule has 0 atom stereocenters. The molecule has 1 aliphatic rings. The van der Waals surface area contributed by atoms with E-state index in [9.17, 15) is 0 Å². The average Bonchev–Trinajstić information content (AvgIpc) is 3.27. The Hall–Kier alpha value is -2.38. The Morgan fingerprint density at radius 3 is 2.54 bits per heavy atom. The molecule has 3 heterocycles. The van der Waals surface area contributed by atoms with Gasteiger partial charge < -0.3 is 13.9 Å². The minimum Gasteiger partial charge on any atom is -0.461 e. The van der Waals surface area contributed by atoms with Crippen LogP contribution in [0.5, 0.6) is 0 Å². The summed E-state index contributed by atoms with van der Waals surface area (Å²) in [5.41, 5.74) is 2.66. The van der Waals surface area contributed by atoms with Crippen molar-refractivity contribution in [2.75, 3.05) is 31.1 Å². The van der Waals surface area contributed by atoms with Crippen LogP contribution >= 0.6 is 12.2 Å². The van der Waals surface area contributed by atoms with E-state index < -0.39 is 0 Å². The first-order valence-electron chi connectivity index (χ1n) is 8.84. The monoisotopic (exact) mass is 369 g/mol. The van der Waals surface area contributed by atoms with Gasteiger partial charge in [0.2, 0.25) is 0 Å². The number of aryl methyl sites for hydroxylation is 1. The van der Waals surface area contributed by atoms with E-state index in [4.69, 9.17) is 16.6 Å². The molecule has 3 aromatic rings. The van der Waals surface area contributed by atoms with Crippen molar-refractivity contribution >= 4 is 17.9 Å². The Morgan fingerprint density at radius 2 is 1.85 bits per heavy atom. The molecule has 0 spiro atoms. The highest BCUT2D eigenvalue weighted by atomic mass is 32.1. The van der Waals surface area contributed by atoms with Crippen molar-refractivity contribution in [1.29, 1.82) is 0 Å². The average molecular weight is 369 g/mol. The number of anilines is 1. The van der Waals surface area contributed by atoms with Gasteiger partial charge in [-0.15, -0.1) is 5.10 Å². The molecule has 1 aliphatic heterocycles. The Labute approximate surface area is 158 Å². The topological polar surface area (TPSA) is 42.4 Å². The normalized spacial score (nSPS) is 15.5. The zero-order valence-corrected chi connectivity index (χ0v) is 15.9. The van der Waals surface area contributed by atoms with Gasteiger partial charge in [-0.1, -0.05) is 18.2 Å². The number of hydrogen-bond acceptors (Lipinski definition) is 5.